The third-order valence-corrected chi connectivity index (χ3v) is 2.88. The molecule has 4 nitrogen and oxygen atoms in total. The lowest BCUT2D eigenvalue weighted by Crippen LogP contribution is -2.28. The van der Waals surface area contributed by atoms with Gasteiger partial charge in [-0.05, 0) is 45.6 Å². The van der Waals surface area contributed by atoms with E-state index in [1.54, 1.807) is 4.90 Å². The van der Waals surface area contributed by atoms with Gasteiger partial charge in [-0.2, -0.15) is 13.2 Å². The van der Waals surface area contributed by atoms with E-state index in [4.69, 9.17) is 11.6 Å². The molecule has 0 saturated heterocycles. The zero-order chi connectivity index (χ0) is 15.3. The molecule has 1 aromatic heterocycles. The van der Waals surface area contributed by atoms with Gasteiger partial charge in [0.2, 0.25) is 5.28 Å². The number of aromatic nitrogens is 2. The Morgan fingerprint density at radius 3 is 2.35 bits per heavy atom. The number of halogens is 4. The Labute approximate surface area is 121 Å². The number of hydrogen-bond acceptors (Lipinski definition) is 4. The van der Waals surface area contributed by atoms with Crippen molar-refractivity contribution in [1.82, 2.24) is 14.9 Å². The van der Waals surface area contributed by atoms with Crippen molar-refractivity contribution in [3.8, 4) is 0 Å². The Morgan fingerprint density at radius 2 is 1.85 bits per heavy atom. The van der Waals surface area contributed by atoms with E-state index in [-0.39, 0.29) is 11.1 Å². The van der Waals surface area contributed by atoms with Gasteiger partial charge in [-0.3, -0.25) is 0 Å². The highest BCUT2D eigenvalue weighted by molar-refractivity contribution is 6.28. The van der Waals surface area contributed by atoms with E-state index in [0.717, 1.165) is 19.0 Å². The molecule has 8 heteroatoms. The number of hydrogen-bond donors (Lipinski definition) is 0. The van der Waals surface area contributed by atoms with E-state index in [2.05, 4.69) is 9.97 Å². The predicted molar refractivity (Wildman–Crippen MR) is 73.1 cm³/mol. The largest absolute Gasteiger partial charge is 0.433 e. The molecule has 1 aromatic rings. The van der Waals surface area contributed by atoms with Crippen molar-refractivity contribution in [3.05, 3.63) is 17.0 Å². The predicted octanol–water partition coefficient (Wildman–Crippen LogP) is 2.93. The number of alkyl halides is 3. The van der Waals surface area contributed by atoms with Gasteiger partial charge in [-0.1, -0.05) is 0 Å². The second-order valence-electron chi connectivity index (χ2n) is 4.61. The molecule has 0 fully saturated rings. The van der Waals surface area contributed by atoms with Crippen LogP contribution in [0.1, 0.15) is 19.0 Å². The second-order valence-corrected chi connectivity index (χ2v) is 4.95. The first-order valence-corrected chi connectivity index (χ1v) is 6.63. The van der Waals surface area contributed by atoms with Crippen LogP contribution < -0.4 is 4.90 Å². The lowest BCUT2D eigenvalue weighted by molar-refractivity contribution is -0.141. The lowest BCUT2D eigenvalue weighted by Gasteiger charge is -2.23. The van der Waals surface area contributed by atoms with Crippen LogP contribution in [0.2, 0.25) is 5.28 Å². The molecule has 114 valence electrons. The topological polar surface area (TPSA) is 32.3 Å². The molecule has 0 radical (unpaired) electrons. The maximum absolute atomic E-state index is 12.7. The van der Waals surface area contributed by atoms with Gasteiger partial charge in [-0.15, -0.1) is 0 Å². The van der Waals surface area contributed by atoms with E-state index < -0.39 is 11.9 Å². The highest BCUT2D eigenvalue weighted by Crippen LogP contribution is 2.30. The highest BCUT2D eigenvalue weighted by Gasteiger charge is 2.34. The Hall–Kier alpha value is -1.08. The summed E-state index contributed by atoms with van der Waals surface area (Å²) in [6.07, 6.45) is -3.70. The lowest BCUT2D eigenvalue weighted by atomic mass is 10.3. The molecule has 0 atom stereocenters. The van der Waals surface area contributed by atoms with Crippen molar-refractivity contribution >= 4 is 17.4 Å². The summed E-state index contributed by atoms with van der Waals surface area (Å²) in [6, 6.07) is 0.936. The van der Waals surface area contributed by atoms with Crippen LogP contribution >= 0.6 is 11.6 Å². The second kappa shape index (κ2) is 7.08. The van der Waals surface area contributed by atoms with Gasteiger partial charge in [-0.25, -0.2) is 9.97 Å². The van der Waals surface area contributed by atoms with Crippen LogP contribution in [0, 0.1) is 0 Å². The van der Waals surface area contributed by atoms with E-state index in [9.17, 15) is 13.2 Å². The van der Waals surface area contributed by atoms with E-state index >= 15 is 0 Å². The van der Waals surface area contributed by atoms with E-state index in [1.165, 1.54) is 0 Å². The summed E-state index contributed by atoms with van der Waals surface area (Å²) >= 11 is 5.58. The average Bonchev–Trinajstić information content (AvgIpc) is 2.32. The first kappa shape index (κ1) is 17.0. The van der Waals surface area contributed by atoms with Crippen LogP contribution in [0.3, 0.4) is 0 Å². The van der Waals surface area contributed by atoms with Gasteiger partial charge in [0.1, 0.15) is 5.82 Å². The maximum Gasteiger partial charge on any atom is 0.433 e. The van der Waals surface area contributed by atoms with Crippen molar-refractivity contribution < 1.29 is 13.2 Å². The molecule has 0 saturated carbocycles. The summed E-state index contributed by atoms with van der Waals surface area (Å²) in [7, 11) is 3.89. The molecule has 0 aliphatic rings. The highest BCUT2D eigenvalue weighted by atomic mass is 35.5. The molecule has 0 bridgehead atoms. The smallest absolute Gasteiger partial charge is 0.357 e. The summed E-state index contributed by atoms with van der Waals surface area (Å²) in [4.78, 5) is 10.9. The fourth-order valence-corrected chi connectivity index (χ4v) is 1.90. The van der Waals surface area contributed by atoms with Crippen molar-refractivity contribution in [3.63, 3.8) is 0 Å². The molecule has 0 unspecified atom stereocenters. The first-order valence-electron chi connectivity index (χ1n) is 6.25. The summed E-state index contributed by atoms with van der Waals surface area (Å²) in [5, 5.41) is -0.388. The van der Waals surface area contributed by atoms with E-state index in [0.29, 0.717) is 13.1 Å². The van der Waals surface area contributed by atoms with Crippen LogP contribution in [-0.2, 0) is 6.18 Å². The quantitative estimate of drug-likeness (QED) is 0.756. The molecule has 1 heterocycles. The first-order chi connectivity index (χ1) is 9.24. The van der Waals surface area contributed by atoms with Crippen LogP contribution in [0.5, 0.6) is 0 Å². The minimum Gasteiger partial charge on any atom is -0.357 e. The average molecular weight is 311 g/mol. The number of rotatable bonds is 6. The van der Waals surface area contributed by atoms with Gasteiger partial charge < -0.3 is 9.80 Å². The maximum atomic E-state index is 12.7. The molecular formula is C12H18ClF3N4. The Bertz CT molecular complexity index is 437. The van der Waals surface area contributed by atoms with Crippen molar-refractivity contribution in [1.29, 1.82) is 0 Å². The SMILES string of the molecule is CCN(CCCN(C)C)c1cc(C(F)(F)F)nc(Cl)n1. The molecule has 0 aliphatic carbocycles. The Balaban J connectivity index is 2.89. The van der Waals surface area contributed by atoms with Crippen molar-refractivity contribution in [2.24, 2.45) is 0 Å². The van der Waals surface area contributed by atoms with Crippen LogP contribution in [0.15, 0.2) is 6.07 Å². The monoisotopic (exact) mass is 310 g/mol. The fourth-order valence-electron chi connectivity index (χ4n) is 1.73. The van der Waals surface area contributed by atoms with Crippen LogP contribution in [0.25, 0.3) is 0 Å². The van der Waals surface area contributed by atoms with Gasteiger partial charge >= 0.3 is 6.18 Å². The van der Waals surface area contributed by atoms with Crippen molar-refractivity contribution in [2.75, 3.05) is 38.6 Å². The van der Waals surface area contributed by atoms with Gasteiger partial charge in [0.25, 0.3) is 0 Å². The number of nitrogens with zero attached hydrogens (tertiary/aromatic N) is 4. The zero-order valence-corrected chi connectivity index (χ0v) is 12.5. The standard InChI is InChI=1S/C12H18ClF3N4/c1-4-20(7-5-6-19(2)3)10-8-9(12(14,15)16)17-11(13)18-10/h8H,4-7H2,1-3H3. The third kappa shape index (κ3) is 5.13. The zero-order valence-electron chi connectivity index (χ0n) is 11.7. The fraction of sp³-hybridized carbons (Fsp3) is 0.667. The van der Waals surface area contributed by atoms with Gasteiger partial charge in [0, 0.05) is 19.2 Å². The van der Waals surface area contributed by atoms with E-state index in [1.807, 2.05) is 25.9 Å². The molecule has 0 aliphatic heterocycles. The minimum absolute atomic E-state index is 0.207. The normalized spacial score (nSPS) is 12.0. The molecular weight excluding hydrogens is 293 g/mol. The Kier molecular flexibility index (Phi) is 6.01. The molecule has 0 amide bonds. The third-order valence-electron chi connectivity index (χ3n) is 2.71. The van der Waals surface area contributed by atoms with Crippen LogP contribution in [-0.4, -0.2) is 48.6 Å². The summed E-state index contributed by atoms with van der Waals surface area (Å²) in [5.74, 6) is 0.207. The minimum atomic E-state index is -4.52. The summed E-state index contributed by atoms with van der Waals surface area (Å²) in [6.45, 7) is 3.87. The van der Waals surface area contributed by atoms with Crippen LogP contribution in [0.4, 0.5) is 19.0 Å². The Morgan fingerprint density at radius 1 is 1.20 bits per heavy atom. The van der Waals surface area contributed by atoms with Gasteiger partial charge in [0.15, 0.2) is 5.69 Å². The number of anilines is 1. The molecule has 0 spiro atoms. The molecule has 1 rings (SSSR count). The molecule has 20 heavy (non-hydrogen) atoms. The summed E-state index contributed by atoms with van der Waals surface area (Å²) in [5.41, 5.74) is -1.02. The molecule has 0 N–H and O–H groups in total. The summed E-state index contributed by atoms with van der Waals surface area (Å²) < 4.78 is 38.1. The molecule has 0 aromatic carbocycles. The van der Waals surface area contributed by atoms with Gasteiger partial charge in [0.05, 0.1) is 0 Å². The van der Waals surface area contributed by atoms with Crippen molar-refractivity contribution in [2.45, 2.75) is 19.5 Å².